The fourth-order valence-electron chi connectivity index (χ4n) is 2.77. The second kappa shape index (κ2) is 4.40. The van der Waals surface area contributed by atoms with Gasteiger partial charge in [0.25, 0.3) is 0 Å². The van der Waals surface area contributed by atoms with Crippen LogP contribution in [0.4, 0.5) is 4.79 Å². The third kappa shape index (κ3) is 2.14. The number of ether oxygens (including phenoxy) is 1. The van der Waals surface area contributed by atoms with E-state index < -0.39 is 0 Å². The lowest BCUT2D eigenvalue weighted by Gasteiger charge is -2.06. The monoisotopic (exact) mass is 231 g/mol. The van der Waals surface area contributed by atoms with E-state index in [-0.39, 0.29) is 6.09 Å². The Bertz CT molecular complexity index is 392. The Labute approximate surface area is 101 Å². The lowest BCUT2D eigenvalue weighted by molar-refractivity contribution is 0.120. The van der Waals surface area contributed by atoms with Gasteiger partial charge >= 0.3 is 6.09 Å². The van der Waals surface area contributed by atoms with Crippen LogP contribution in [0.25, 0.3) is 0 Å². The number of carbonyl (C=O) groups excluding carboxylic acids is 1. The first-order valence-electron chi connectivity index (χ1n) is 6.35. The Morgan fingerprint density at radius 2 is 1.82 bits per heavy atom. The average molecular weight is 231 g/mol. The van der Waals surface area contributed by atoms with Crippen LogP contribution in [0, 0.1) is 0 Å². The third-order valence-electron chi connectivity index (χ3n) is 3.73. The van der Waals surface area contributed by atoms with Gasteiger partial charge in [-0.3, -0.25) is 4.90 Å². The predicted octanol–water partition coefficient (Wildman–Crippen LogP) is 2.95. The van der Waals surface area contributed by atoms with Gasteiger partial charge in [0.15, 0.2) is 0 Å². The van der Waals surface area contributed by atoms with Crippen LogP contribution in [-0.2, 0) is 11.3 Å². The zero-order valence-electron chi connectivity index (χ0n) is 9.84. The maximum absolute atomic E-state index is 11.8. The summed E-state index contributed by atoms with van der Waals surface area (Å²) in [7, 11) is 0. The molecular weight excluding hydrogens is 214 g/mol. The molecule has 3 rings (SSSR count). The first-order chi connectivity index (χ1) is 8.36. The van der Waals surface area contributed by atoms with Crippen LogP contribution in [0.2, 0.25) is 0 Å². The molecule has 2 atom stereocenters. The smallest absolute Gasteiger partial charge is 0.410 e. The molecular formula is C14H17NO2. The number of fused-ring (bicyclic) bond motifs is 1. The van der Waals surface area contributed by atoms with E-state index in [1.165, 1.54) is 12.8 Å². The summed E-state index contributed by atoms with van der Waals surface area (Å²) in [5.41, 5.74) is 1.05. The van der Waals surface area contributed by atoms with Crippen molar-refractivity contribution < 1.29 is 9.53 Å². The lowest BCUT2D eigenvalue weighted by atomic mass is 10.0. The second-order valence-electron chi connectivity index (χ2n) is 4.87. The first-order valence-corrected chi connectivity index (χ1v) is 6.35. The molecule has 2 fully saturated rings. The van der Waals surface area contributed by atoms with Crippen molar-refractivity contribution in [2.24, 2.45) is 0 Å². The molecule has 17 heavy (non-hydrogen) atoms. The molecule has 0 N–H and O–H groups in total. The molecule has 3 heteroatoms. The number of amides is 1. The van der Waals surface area contributed by atoms with Crippen molar-refractivity contribution in [3.63, 3.8) is 0 Å². The number of hydrogen-bond acceptors (Lipinski definition) is 2. The molecule has 1 amide bonds. The van der Waals surface area contributed by atoms with Crippen LogP contribution < -0.4 is 0 Å². The van der Waals surface area contributed by atoms with Gasteiger partial charge in [0, 0.05) is 0 Å². The maximum atomic E-state index is 11.8. The molecule has 0 bridgehead atoms. The summed E-state index contributed by atoms with van der Waals surface area (Å²) in [4.78, 5) is 13.8. The van der Waals surface area contributed by atoms with Crippen molar-refractivity contribution in [2.75, 3.05) is 0 Å². The van der Waals surface area contributed by atoms with Gasteiger partial charge < -0.3 is 4.74 Å². The van der Waals surface area contributed by atoms with Gasteiger partial charge in [-0.25, -0.2) is 4.79 Å². The molecule has 1 aromatic rings. The average Bonchev–Trinajstić information content (AvgIpc) is 3.11. The van der Waals surface area contributed by atoms with Gasteiger partial charge in [-0.15, -0.1) is 0 Å². The topological polar surface area (TPSA) is 29.3 Å². The van der Waals surface area contributed by atoms with E-state index >= 15 is 0 Å². The van der Waals surface area contributed by atoms with Gasteiger partial charge in [0.2, 0.25) is 0 Å². The number of benzene rings is 1. The standard InChI is InChI=1S/C14H17NO2/c16-14(15-12-8-4-5-9-13(12)15)17-10-11-6-2-1-3-7-11/h1-3,6-7,12-13H,4-5,8-10H2/t12-,13-/m0/s1. The van der Waals surface area contributed by atoms with Gasteiger partial charge in [0.1, 0.15) is 6.61 Å². The summed E-state index contributed by atoms with van der Waals surface area (Å²) in [5.74, 6) is 0. The van der Waals surface area contributed by atoms with Crippen molar-refractivity contribution in [2.45, 2.75) is 44.4 Å². The molecule has 0 aromatic heterocycles. The summed E-state index contributed by atoms with van der Waals surface area (Å²) in [6, 6.07) is 10.8. The Hall–Kier alpha value is -1.51. The van der Waals surface area contributed by atoms with Crippen LogP contribution >= 0.6 is 0 Å². The minimum absolute atomic E-state index is 0.134. The second-order valence-corrected chi connectivity index (χ2v) is 4.87. The molecule has 1 aromatic carbocycles. The minimum atomic E-state index is -0.134. The quantitative estimate of drug-likeness (QED) is 0.732. The predicted molar refractivity (Wildman–Crippen MR) is 64.5 cm³/mol. The van der Waals surface area contributed by atoms with Gasteiger partial charge in [-0.1, -0.05) is 43.2 Å². The van der Waals surface area contributed by atoms with E-state index in [2.05, 4.69) is 0 Å². The molecule has 1 aliphatic carbocycles. The van der Waals surface area contributed by atoms with Crippen molar-refractivity contribution in [3.05, 3.63) is 35.9 Å². The fourth-order valence-corrected chi connectivity index (χ4v) is 2.77. The maximum Gasteiger partial charge on any atom is 0.410 e. The molecule has 0 unspecified atom stereocenters. The SMILES string of the molecule is O=C(OCc1ccccc1)N1[C@H]2CCCC[C@@H]21. The number of rotatable bonds is 2. The summed E-state index contributed by atoms with van der Waals surface area (Å²) in [6.45, 7) is 0.385. The Morgan fingerprint density at radius 1 is 1.18 bits per heavy atom. The van der Waals surface area contributed by atoms with Crippen molar-refractivity contribution in [3.8, 4) is 0 Å². The van der Waals surface area contributed by atoms with Crippen molar-refractivity contribution >= 4 is 6.09 Å². The van der Waals surface area contributed by atoms with Gasteiger partial charge in [-0.05, 0) is 18.4 Å². The molecule has 1 heterocycles. The zero-order chi connectivity index (χ0) is 11.7. The fraction of sp³-hybridized carbons (Fsp3) is 0.500. The highest BCUT2D eigenvalue weighted by Crippen LogP contribution is 2.40. The van der Waals surface area contributed by atoms with Crippen molar-refractivity contribution in [1.82, 2.24) is 4.90 Å². The molecule has 2 aliphatic rings. The van der Waals surface area contributed by atoms with Gasteiger partial charge in [0.05, 0.1) is 12.1 Å². The first kappa shape index (κ1) is 10.6. The van der Waals surface area contributed by atoms with Crippen molar-refractivity contribution in [1.29, 1.82) is 0 Å². The lowest BCUT2D eigenvalue weighted by Crippen LogP contribution is -2.15. The summed E-state index contributed by atoms with van der Waals surface area (Å²) in [6.07, 6.45) is 4.69. The number of hydrogen-bond donors (Lipinski definition) is 0. The van der Waals surface area contributed by atoms with E-state index in [0.29, 0.717) is 18.7 Å². The Morgan fingerprint density at radius 3 is 2.47 bits per heavy atom. The Kier molecular flexibility index (Phi) is 2.75. The summed E-state index contributed by atoms with van der Waals surface area (Å²) < 4.78 is 5.33. The molecule has 1 saturated heterocycles. The van der Waals surface area contributed by atoms with E-state index in [1.807, 2.05) is 35.2 Å². The van der Waals surface area contributed by atoms with Crippen LogP contribution in [0.5, 0.6) is 0 Å². The van der Waals surface area contributed by atoms with E-state index in [4.69, 9.17) is 4.74 Å². The molecule has 90 valence electrons. The molecule has 1 aliphatic heterocycles. The number of nitrogens with zero attached hydrogens (tertiary/aromatic N) is 1. The highest BCUT2D eigenvalue weighted by Gasteiger charge is 2.52. The van der Waals surface area contributed by atoms with E-state index in [9.17, 15) is 4.79 Å². The highest BCUT2D eigenvalue weighted by molar-refractivity contribution is 5.72. The van der Waals surface area contributed by atoms with Gasteiger partial charge in [-0.2, -0.15) is 0 Å². The Balaban J connectivity index is 1.51. The summed E-state index contributed by atoms with van der Waals surface area (Å²) in [5, 5.41) is 0. The molecule has 1 saturated carbocycles. The minimum Gasteiger partial charge on any atom is -0.445 e. The molecule has 0 radical (unpaired) electrons. The largest absolute Gasteiger partial charge is 0.445 e. The highest BCUT2D eigenvalue weighted by atomic mass is 16.6. The van der Waals surface area contributed by atoms with Crippen LogP contribution in [-0.4, -0.2) is 23.1 Å². The normalized spacial score (nSPS) is 26.2. The van der Waals surface area contributed by atoms with Crippen LogP contribution in [0.15, 0.2) is 30.3 Å². The zero-order valence-corrected chi connectivity index (χ0v) is 9.84. The summed E-state index contributed by atoms with van der Waals surface area (Å²) >= 11 is 0. The van der Waals surface area contributed by atoms with Crippen LogP contribution in [0.3, 0.4) is 0 Å². The molecule has 0 spiro atoms. The number of likely N-dealkylation sites (tertiary alicyclic amines) is 1. The van der Waals surface area contributed by atoms with E-state index in [1.54, 1.807) is 0 Å². The van der Waals surface area contributed by atoms with E-state index in [0.717, 1.165) is 18.4 Å². The molecule has 3 nitrogen and oxygen atoms in total. The third-order valence-corrected chi connectivity index (χ3v) is 3.73. The van der Waals surface area contributed by atoms with Crippen LogP contribution in [0.1, 0.15) is 31.2 Å². The number of carbonyl (C=O) groups is 1.